The number of amides is 1. The molecular formula is C26H30N4O4S. The number of nitrogens with one attached hydrogen (secondary N) is 2. The summed E-state index contributed by atoms with van der Waals surface area (Å²) in [6.07, 6.45) is 0. The fourth-order valence-corrected chi connectivity index (χ4v) is 5.33. The predicted octanol–water partition coefficient (Wildman–Crippen LogP) is 3.07. The van der Waals surface area contributed by atoms with Crippen molar-refractivity contribution in [3.8, 4) is 0 Å². The van der Waals surface area contributed by atoms with Crippen molar-refractivity contribution in [3.05, 3.63) is 101 Å². The summed E-state index contributed by atoms with van der Waals surface area (Å²) in [6.45, 7) is 5.39. The van der Waals surface area contributed by atoms with Crippen molar-refractivity contribution >= 4 is 21.6 Å². The summed E-state index contributed by atoms with van der Waals surface area (Å²) in [4.78, 5) is 16.2. The van der Waals surface area contributed by atoms with Crippen LogP contribution in [-0.2, 0) is 28.9 Å². The van der Waals surface area contributed by atoms with Crippen molar-refractivity contribution in [1.29, 1.82) is 0 Å². The van der Waals surface area contributed by atoms with Gasteiger partial charge in [-0.1, -0.05) is 54.6 Å². The number of sulfonamides is 1. The number of hydroxylamine groups is 1. The second-order valence-corrected chi connectivity index (χ2v) is 10.5. The van der Waals surface area contributed by atoms with Gasteiger partial charge >= 0.3 is 0 Å². The molecule has 1 aliphatic rings. The molecule has 1 fully saturated rings. The fourth-order valence-electron chi connectivity index (χ4n) is 4.14. The molecular weight excluding hydrogens is 464 g/mol. The molecule has 1 heterocycles. The minimum absolute atomic E-state index is 0.0536. The largest absolute Gasteiger partial charge is 0.297 e. The first-order valence-corrected chi connectivity index (χ1v) is 13.2. The number of carbonyl (C=O) groups is 1. The van der Waals surface area contributed by atoms with Crippen molar-refractivity contribution in [3.63, 3.8) is 0 Å². The second-order valence-electron chi connectivity index (χ2n) is 8.73. The SMILES string of the molecule is O=C(NO)c1ccc(CN2CCN(Cc3ccc(NS(=O)(=O)Cc4ccccc4)cc3)CC2)cc1. The number of rotatable bonds is 9. The maximum absolute atomic E-state index is 12.4. The first-order chi connectivity index (χ1) is 16.9. The molecule has 9 heteroatoms. The molecule has 35 heavy (non-hydrogen) atoms. The molecule has 3 N–H and O–H groups in total. The minimum atomic E-state index is -3.46. The molecule has 1 amide bonds. The van der Waals surface area contributed by atoms with Crippen molar-refractivity contribution in [2.24, 2.45) is 0 Å². The lowest BCUT2D eigenvalue weighted by Gasteiger charge is -2.34. The van der Waals surface area contributed by atoms with Gasteiger partial charge in [-0.2, -0.15) is 0 Å². The van der Waals surface area contributed by atoms with Crippen molar-refractivity contribution in [2.75, 3.05) is 30.9 Å². The van der Waals surface area contributed by atoms with E-state index in [2.05, 4.69) is 14.5 Å². The molecule has 184 valence electrons. The number of piperazine rings is 1. The van der Waals surface area contributed by atoms with Crippen molar-refractivity contribution in [1.82, 2.24) is 15.3 Å². The molecule has 0 aliphatic carbocycles. The Bertz CT molecular complexity index is 1210. The van der Waals surface area contributed by atoms with Gasteiger partial charge in [-0.05, 0) is 41.0 Å². The van der Waals surface area contributed by atoms with E-state index in [1.54, 1.807) is 29.7 Å². The number of nitrogens with zero attached hydrogens (tertiary/aromatic N) is 2. The van der Waals surface area contributed by atoms with Crippen molar-refractivity contribution < 1.29 is 18.4 Å². The summed E-state index contributed by atoms with van der Waals surface area (Å²) >= 11 is 0. The van der Waals surface area contributed by atoms with E-state index in [4.69, 9.17) is 5.21 Å². The van der Waals surface area contributed by atoms with Crippen LogP contribution in [0.1, 0.15) is 27.0 Å². The van der Waals surface area contributed by atoms with E-state index in [0.29, 0.717) is 11.3 Å². The maximum Gasteiger partial charge on any atom is 0.274 e. The first kappa shape index (κ1) is 24.9. The van der Waals surface area contributed by atoms with Gasteiger partial charge in [0.2, 0.25) is 10.0 Å². The highest BCUT2D eigenvalue weighted by atomic mass is 32.2. The van der Waals surface area contributed by atoms with Crippen LogP contribution < -0.4 is 10.2 Å². The lowest BCUT2D eigenvalue weighted by molar-refractivity contribution is 0.0706. The molecule has 0 aromatic heterocycles. The van der Waals surface area contributed by atoms with E-state index in [0.717, 1.165) is 56.0 Å². The molecule has 0 spiro atoms. The number of benzene rings is 3. The fraction of sp³-hybridized carbons (Fsp3) is 0.269. The average Bonchev–Trinajstić information content (AvgIpc) is 2.86. The Labute approximate surface area is 206 Å². The highest BCUT2D eigenvalue weighted by Crippen LogP contribution is 2.17. The van der Waals surface area contributed by atoms with Gasteiger partial charge in [-0.3, -0.25) is 24.5 Å². The van der Waals surface area contributed by atoms with Gasteiger partial charge < -0.3 is 0 Å². The zero-order valence-electron chi connectivity index (χ0n) is 19.4. The highest BCUT2D eigenvalue weighted by Gasteiger charge is 2.18. The van der Waals surface area contributed by atoms with Gasteiger partial charge in [0.05, 0.1) is 5.75 Å². The van der Waals surface area contributed by atoms with Gasteiger partial charge in [0.25, 0.3) is 5.91 Å². The average molecular weight is 495 g/mol. The predicted molar refractivity (Wildman–Crippen MR) is 135 cm³/mol. The minimum Gasteiger partial charge on any atom is -0.297 e. The van der Waals surface area contributed by atoms with Crippen LogP contribution in [0.3, 0.4) is 0 Å². The third kappa shape index (κ3) is 7.37. The van der Waals surface area contributed by atoms with E-state index >= 15 is 0 Å². The summed E-state index contributed by atoms with van der Waals surface area (Å²) in [5.41, 5.74) is 5.65. The van der Waals surface area contributed by atoms with Crippen LogP contribution in [0.2, 0.25) is 0 Å². The van der Waals surface area contributed by atoms with Gasteiger partial charge in [-0.15, -0.1) is 0 Å². The van der Waals surface area contributed by atoms with Crippen molar-refractivity contribution in [2.45, 2.75) is 18.8 Å². The van der Waals surface area contributed by atoms with Gasteiger partial charge in [0.15, 0.2) is 0 Å². The Balaban J connectivity index is 1.23. The Morgan fingerprint density at radius 2 is 1.26 bits per heavy atom. The van der Waals surface area contributed by atoms with Crippen LogP contribution in [0.4, 0.5) is 5.69 Å². The van der Waals surface area contributed by atoms with Crippen LogP contribution >= 0.6 is 0 Å². The van der Waals surface area contributed by atoms with Crippen LogP contribution in [0.25, 0.3) is 0 Å². The summed E-state index contributed by atoms with van der Waals surface area (Å²) in [5, 5.41) is 8.72. The Hall–Kier alpha value is -3.24. The molecule has 0 unspecified atom stereocenters. The first-order valence-electron chi connectivity index (χ1n) is 11.5. The Morgan fingerprint density at radius 1 is 0.743 bits per heavy atom. The smallest absolute Gasteiger partial charge is 0.274 e. The molecule has 3 aromatic rings. The van der Waals surface area contributed by atoms with Gasteiger partial charge in [-0.25, -0.2) is 13.9 Å². The normalized spacial score (nSPS) is 15.0. The quantitative estimate of drug-likeness (QED) is 0.312. The molecule has 1 aliphatic heterocycles. The summed E-state index contributed by atoms with van der Waals surface area (Å²) in [6, 6.07) is 23.9. The summed E-state index contributed by atoms with van der Waals surface area (Å²) in [5.74, 6) is -0.565. The Morgan fingerprint density at radius 3 is 1.77 bits per heavy atom. The van der Waals surface area contributed by atoms with Crippen LogP contribution in [0, 0.1) is 0 Å². The van der Waals surface area contributed by atoms with E-state index < -0.39 is 15.9 Å². The van der Waals surface area contributed by atoms with E-state index in [-0.39, 0.29) is 5.75 Å². The van der Waals surface area contributed by atoms with Crippen LogP contribution in [0.15, 0.2) is 78.9 Å². The Kier molecular flexibility index (Phi) is 8.14. The molecule has 8 nitrogen and oxygen atoms in total. The number of anilines is 1. The zero-order chi connectivity index (χ0) is 24.7. The maximum atomic E-state index is 12.4. The van der Waals surface area contributed by atoms with E-state index in [9.17, 15) is 13.2 Å². The van der Waals surface area contributed by atoms with E-state index in [1.807, 2.05) is 54.6 Å². The number of hydrogen-bond acceptors (Lipinski definition) is 6. The monoisotopic (exact) mass is 494 g/mol. The third-order valence-electron chi connectivity index (χ3n) is 6.02. The molecule has 0 bridgehead atoms. The summed E-state index contributed by atoms with van der Waals surface area (Å²) < 4.78 is 27.5. The number of hydrogen-bond donors (Lipinski definition) is 3. The summed E-state index contributed by atoms with van der Waals surface area (Å²) in [7, 11) is -3.46. The molecule has 4 rings (SSSR count). The van der Waals surface area contributed by atoms with E-state index in [1.165, 1.54) is 0 Å². The zero-order valence-corrected chi connectivity index (χ0v) is 20.2. The van der Waals surface area contributed by atoms with Crippen LogP contribution in [-0.4, -0.2) is 55.5 Å². The van der Waals surface area contributed by atoms with Gasteiger partial charge in [0, 0.05) is 50.5 Å². The topological polar surface area (TPSA) is 102 Å². The lowest BCUT2D eigenvalue weighted by Crippen LogP contribution is -2.45. The molecule has 0 saturated carbocycles. The number of carbonyl (C=O) groups excluding carboxylic acids is 1. The molecule has 1 saturated heterocycles. The van der Waals surface area contributed by atoms with Crippen LogP contribution in [0.5, 0.6) is 0 Å². The standard InChI is InChI=1S/C26H30N4O4S/c31-26(27-32)24-10-6-21(7-11-24)18-29-14-16-30(17-15-29)19-22-8-12-25(13-9-22)28-35(33,34)20-23-4-2-1-3-5-23/h1-13,28,32H,14-20H2,(H,27,31). The third-order valence-corrected chi connectivity index (χ3v) is 7.28. The highest BCUT2D eigenvalue weighted by molar-refractivity contribution is 7.91. The second kappa shape index (κ2) is 11.5. The molecule has 0 radical (unpaired) electrons. The lowest BCUT2D eigenvalue weighted by atomic mass is 10.1. The van der Waals surface area contributed by atoms with Gasteiger partial charge in [0.1, 0.15) is 0 Å². The molecule has 3 aromatic carbocycles. The molecule has 0 atom stereocenters.